The summed E-state index contributed by atoms with van der Waals surface area (Å²) in [5, 5.41) is 0. The van der Waals surface area contributed by atoms with Gasteiger partial charge in [-0.25, -0.2) is 0 Å². The molecule has 3 aliphatic heterocycles. The van der Waals surface area contributed by atoms with Gasteiger partial charge in [-0.2, -0.15) is 0 Å². The van der Waals surface area contributed by atoms with Crippen molar-refractivity contribution in [3.8, 4) is 0 Å². The van der Waals surface area contributed by atoms with Gasteiger partial charge >= 0.3 is 0 Å². The number of nitrogens with zero attached hydrogens (tertiary/aromatic N) is 3. The van der Waals surface area contributed by atoms with Crippen molar-refractivity contribution in [1.82, 2.24) is 14.7 Å². The van der Waals surface area contributed by atoms with Crippen LogP contribution in [-0.2, 0) is 4.79 Å². The van der Waals surface area contributed by atoms with Crippen molar-refractivity contribution in [2.75, 3.05) is 33.2 Å². The molecule has 0 saturated carbocycles. The summed E-state index contributed by atoms with van der Waals surface area (Å²) in [7, 11) is 2.28. The van der Waals surface area contributed by atoms with E-state index in [-0.39, 0.29) is 0 Å². The molecule has 1 aromatic rings. The molecule has 0 bridgehead atoms. The van der Waals surface area contributed by atoms with Gasteiger partial charge < -0.3 is 14.7 Å². The second-order valence-electron chi connectivity index (χ2n) is 9.58. The topological polar surface area (TPSA) is 26.8 Å². The fraction of sp³-hybridized carbons (Fsp3) is 0.720. The fourth-order valence-corrected chi connectivity index (χ4v) is 6.01. The van der Waals surface area contributed by atoms with Crippen LogP contribution < -0.4 is 0 Å². The van der Waals surface area contributed by atoms with Crippen molar-refractivity contribution in [3.05, 3.63) is 35.9 Å². The molecule has 3 aliphatic rings. The molecule has 1 aromatic carbocycles. The lowest BCUT2D eigenvalue weighted by Crippen LogP contribution is -2.47. The van der Waals surface area contributed by atoms with Crippen LogP contribution in [0, 0.1) is 0 Å². The highest BCUT2D eigenvalue weighted by atomic mass is 16.2. The van der Waals surface area contributed by atoms with Crippen LogP contribution in [0.2, 0.25) is 0 Å². The molecule has 29 heavy (non-hydrogen) atoms. The highest BCUT2D eigenvalue weighted by Gasteiger charge is 2.46. The average molecular weight is 398 g/mol. The highest BCUT2D eigenvalue weighted by Crippen LogP contribution is 2.39. The van der Waals surface area contributed by atoms with Gasteiger partial charge in [0, 0.05) is 37.0 Å². The van der Waals surface area contributed by atoms with Crippen LogP contribution in [-0.4, -0.2) is 72.0 Å². The summed E-state index contributed by atoms with van der Waals surface area (Å²) >= 11 is 0. The van der Waals surface area contributed by atoms with Crippen molar-refractivity contribution >= 4 is 5.91 Å². The molecular formula is C25H39N3O. The smallest absolute Gasteiger partial charge is 0.222 e. The SMILES string of the molecule is C[C@@H](CCC(=O)N1C[C@@H](c2ccccc2)[C@H]2[C@H]1CCCCCN2C)N1CCCC1. The molecule has 4 heteroatoms. The van der Waals surface area contributed by atoms with E-state index >= 15 is 0 Å². The van der Waals surface area contributed by atoms with E-state index in [4.69, 9.17) is 0 Å². The summed E-state index contributed by atoms with van der Waals surface area (Å²) in [5.41, 5.74) is 1.40. The van der Waals surface area contributed by atoms with Gasteiger partial charge in [0.15, 0.2) is 0 Å². The molecule has 0 spiro atoms. The van der Waals surface area contributed by atoms with E-state index in [0.29, 0.717) is 36.4 Å². The Morgan fingerprint density at radius 3 is 2.52 bits per heavy atom. The summed E-state index contributed by atoms with van der Waals surface area (Å²) < 4.78 is 0. The Kier molecular flexibility index (Phi) is 6.92. The largest absolute Gasteiger partial charge is 0.337 e. The minimum absolute atomic E-state index is 0.375. The Balaban J connectivity index is 1.48. The third-order valence-corrected chi connectivity index (χ3v) is 7.71. The monoisotopic (exact) mass is 397 g/mol. The summed E-state index contributed by atoms with van der Waals surface area (Å²) in [6.07, 6.45) is 9.32. The number of hydrogen-bond acceptors (Lipinski definition) is 3. The first-order chi connectivity index (χ1) is 14.1. The number of likely N-dealkylation sites (tertiary alicyclic amines) is 3. The average Bonchev–Trinajstić information content (AvgIpc) is 3.39. The zero-order valence-corrected chi connectivity index (χ0v) is 18.4. The van der Waals surface area contributed by atoms with Gasteiger partial charge in [0.25, 0.3) is 0 Å². The zero-order valence-electron chi connectivity index (χ0n) is 18.4. The molecule has 0 radical (unpaired) electrons. The fourth-order valence-electron chi connectivity index (χ4n) is 6.01. The second kappa shape index (κ2) is 9.61. The normalized spacial score (nSPS) is 30.0. The summed E-state index contributed by atoms with van der Waals surface area (Å²) in [6.45, 7) is 6.77. The number of benzene rings is 1. The Labute approximate surface area is 177 Å². The third kappa shape index (κ3) is 4.69. The predicted molar refractivity (Wildman–Crippen MR) is 119 cm³/mol. The van der Waals surface area contributed by atoms with E-state index < -0.39 is 0 Å². The first kappa shape index (κ1) is 20.9. The quantitative estimate of drug-likeness (QED) is 0.748. The van der Waals surface area contributed by atoms with E-state index in [1.807, 2.05) is 0 Å². The van der Waals surface area contributed by atoms with E-state index in [0.717, 1.165) is 25.9 Å². The van der Waals surface area contributed by atoms with E-state index in [1.54, 1.807) is 0 Å². The first-order valence-corrected chi connectivity index (χ1v) is 11.9. The molecule has 4 nitrogen and oxygen atoms in total. The van der Waals surface area contributed by atoms with Crippen molar-refractivity contribution < 1.29 is 4.79 Å². The van der Waals surface area contributed by atoms with Crippen LogP contribution in [0.4, 0.5) is 0 Å². The molecule has 3 heterocycles. The maximum absolute atomic E-state index is 13.4. The van der Waals surface area contributed by atoms with Crippen LogP contribution >= 0.6 is 0 Å². The highest BCUT2D eigenvalue weighted by molar-refractivity contribution is 5.77. The van der Waals surface area contributed by atoms with E-state index in [9.17, 15) is 4.79 Å². The Hall–Kier alpha value is -1.39. The molecule has 4 rings (SSSR count). The minimum atomic E-state index is 0.375. The molecule has 0 aromatic heterocycles. The van der Waals surface area contributed by atoms with Gasteiger partial charge in [-0.15, -0.1) is 0 Å². The Morgan fingerprint density at radius 2 is 1.76 bits per heavy atom. The summed E-state index contributed by atoms with van der Waals surface area (Å²) in [6, 6.07) is 12.3. The van der Waals surface area contributed by atoms with Crippen LogP contribution in [0.5, 0.6) is 0 Å². The number of amides is 1. The molecule has 0 unspecified atom stereocenters. The molecule has 0 N–H and O–H groups in total. The van der Waals surface area contributed by atoms with Crippen molar-refractivity contribution in [2.24, 2.45) is 0 Å². The minimum Gasteiger partial charge on any atom is -0.337 e. The number of carbonyl (C=O) groups is 1. The Bertz CT molecular complexity index is 657. The number of carbonyl (C=O) groups excluding carboxylic acids is 1. The molecule has 3 fully saturated rings. The molecule has 0 aliphatic carbocycles. The predicted octanol–water partition coefficient (Wildman–Crippen LogP) is 4.12. The maximum atomic E-state index is 13.4. The second-order valence-corrected chi connectivity index (χ2v) is 9.58. The van der Waals surface area contributed by atoms with Crippen LogP contribution in [0.1, 0.15) is 69.8 Å². The van der Waals surface area contributed by atoms with Crippen molar-refractivity contribution in [1.29, 1.82) is 0 Å². The first-order valence-electron chi connectivity index (χ1n) is 11.9. The third-order valence-electron chi connectivity index (χ3n) is 7.71. The van der Waals surface area contributed by atoms with Gasteiger partial charge in [0.2, 0.25) is 5.91 Å². The number of hydrogen-bond donors (Lipinski definition) is 0. The number of likely N-dealkylation sites (N-methyl/N-ethyl adjacent to an activating group) is 1. The van der Waals surface area contributed by atoms with Crippen LogP contribution in [0.25, 0.3) is 0 Å². The van der Waals surface area contributed by atoms with Crippen LogP contribution in [0.15, 0.2) is 30.3 Å². The van der Waals surface area contributed by atoms with Gasteiger partial charge in [-0.1, -0.05) is 43.2 Å². The Morgan fingerprint density at radius 1 is 1.03 bits per heavy atom. The molecule has 4 atom stereocenters. The molecule has 1 amide bonds. The summed E-state index contributed by atoms with van der Waals surface area (Å²) in [4.78, 5) is 20.8. The zero-order chi connectivity index (χ0) is 20.2. The van der Waals surface area contributed by atoms with Gasteiger partial charge in [0.05, 0.1) is 0 Å². The molecule has 160 valence electrons. The van der Waals surface area contributed by atoms with Gasteiger partial charge in [-0.3, -0.25) is 4.79 Å². The lowest BCUT2D eigenvalue weighted by Gasteiger charge is -2.37. The van der Waals surface area contributed by atoms with Crippen molar-refractivity contribution in [3.63, 3.8) is 0 Å². The summed E-state index contributed by atoms with van der Waals surface area (Å²) in [5.74, 6) is 0.822. The van der Waals surface area contributed by atoms with Gasteiger partial charge in [0.1, 0.15) is 0 Å². The van der Waals surface area contributed by atoms with Crippen molar-refractivity contribution in [2.45, 2.75) is 82.3 Å². The standard InChI is InChI=1S/C25H39N3O/c1-20(27-17-9-10-18-27)14-15-24(29)28-19-22(21-11-5-3-6-12-21)25-23(28)13-7-4-8-16-26(25)2/h3,5-6,11-12,20,22-23,25H,4,7-10,13-19H2,1-2H3/t20-,22-,23+,25-/m0/s1. The van der Waals surface area contributed by atoms with E-state index in [1.165, 1.54) is 50.8 Å². The number of fused-ring (bicyclic) bond motifs is 1. The number of rotatable bonds is 5. The molecular weight excluding hydrogens is 358 g/mol. The van der Waals surface area contributed by atoms with Crippen LogP contribution in [0.3, 0.4) is 0 Å². The maximum Gasteiger partial charge on any atom is 0.222 e. The van der Waals surface area contributed by atoms with E-state index in [2.05, 4.69) is 59.0 Å². The molecule has 3 saturated heterocycles. The van der Waals surface area contributed by atoms with Gasteiger partial charge in [-0.05, 0) is 71.3 Å². The lowest BCUT2D eigenvalue weighted by molar-refractivity contribution is -0.133. The lowest BCUT2D eigenvalue weighted by atomic mass is 9.87.